The molecule has 1 aromatic heterocycles. The van der Waals surface area contributed by atoms with Crippen LogP contribution in [0.2, 0.25) is 0 Å². The number of benzene rings is 1. The third-order valence-corrected chi connectivity index (χ3v) is 4.15. The number of aromatic nitrogens is 2. The van der Waals surface area contributed by atoms with Crippen molar-refractivity contribution in [2.75, 3.05) is 13.1 Å². The quantitative estimate of drug-likeness (QED) is 0.353. The van der Waals surface area contributed by atoms with E-state index in [2.05, 4.69) is 15.3 Å². The molecule has 2 unspecified atom stereocenters. The van der Waals surface area contributed by atoms with Crippen LogP contribution < -0.4 is 11.1 Å². The van der Waals surface area contributed by atoms with Crippen molar-refractivity contribution in [1.82, 2.24) is 15.3 Å². The minimum Gasteiger partial charge on any atom is -0.480 e. The molecule has 0 aliphatic heterocycles. The van der Waals surface area contributed by atoms with Crippen molar-refractivity contribution >= 4 is 17.0 Å². The van der Waals surface area contributed by atoms with E-state index in [9.17, 15) is 15.0 Å². The van der Waals surface area contributed by atoms with E-state index in [0.717, 1.165) is 17.5 Å². The van der Waals surface area contributed by atoms with Crippen molar-refractivity contribution in [2.45, 2.75) is 43.9 Å². The first-order valence-corrected chi connectivity index (χ1v) is 8.73. The van der Waals surface area contributed by atoms with Crippen molar-refractivity contribution in [3.05, 3.63) is 36.2 Å². The lowest BCUT2D eigenvalue weighted by Gasteiger charge is -2.18. The lowest BCUT2D eigenvalue weighted by atomic mass is 10.1. The Morgan fingerprint density at radius 3 is 2.62 bits per heavy atom. The first kappa shape index (κ1) is 20.2. The summed E-state index contributed by atoms with van der Waals surface area (Å²) in [7, 11) is 0. The lowest BCUT2D eigenvalue weighted by molar-refractivity contribution is -0.138. The van der Waals surface area contributed by atoms with Crippen LogP contribution in [0.4, 0.5) is 0 Å². The fourth-order valence-corrected chi connectivity index (χ4v) is 2.57. The van der Waals surface area contributed by atoms with Gasteiger partial charge in [-0.3, -0.25) is 9.78 Å². The van der Waals surface area contributed by atoms with Gasteiger partial charge in [-0.25, -0.2) is 4.98 Å². The second-order valence-electron chi connectivity index (χ2n) is 6.33. The molecule has 0 saturated heterocycles. The zero-order valence-electron chi connectivity index (χ0n) is 14.6. The van der Waals surface area contributed by atoms with E-state index in [1.807, 2.05) is 24.3 Å². The molecule has 1 aromatic carbocycles. The molecule has 0 amide bonds. The maximum absolute atomic E-state index is 10.6. The number of aliphatic hydroxyl groups excluding tert-OH is 2. The first-order chi connectivity index (χ1) is 12.5. The molecule has 0 bridgehead atoms. The standard InChI is InChI=1S/C18H26N4O4/c19-13(18(25)26)5-3-4-8-20-11-17(24)16(23)9-12-10-21-14-6-1-2-7-15(14)22-12/h1-2,6-7,10,13,16-17,20,23-24H,3-5,8-9,11,19H2,(H,25,26)/t13-,16?,17?/m0/s1. The number of hydrogen-bond acceptors (Lipinski definition) is 7. The highest BCUT2D eigenvalue weighted by atomic mass is 16.4. The van der Waals surface area contributed by atoms with Gasteiger partial charge in [0.15, 0.2) is 0 Å². The molecule has 0 spiro atoms. The molecule has 1 heterocycles. The fourth-order valence-electron chi connectivity index (χ4n) is 2.57. The highest BCUT2D eigenvalue weighted by Gasteiger charge is 2.17. The van der Waals surface area contributed by atoms with Crippen LogP contribution >= 0.6 is 0 Å². The number of unbranched alkanes of at least 4 members (excludes halogenated alkanes) is 1. The normalized spacial score (nSPS) is 14.9. The Morgan fingerprint density at radius 1 is 1.15 bits per heavy atom. The molecule has 0 aliphatic rings. The third kappa shape index (κ3) is 6.30. The maximum atomic E-state index is 10.6. The van der Waals surface area contributed by atoms with Gasteiger partial charge in [0, 0.05) is 19.2 Å². The molecule has 0 fully saturated rings. The second kappa shape index (κ2) is 10.1. The summed E-state index contributed by atoms with van der Waals surface area (Å²) in [6.07, 6.45) is 1.81. The summed E-state index contributed by atoms with van der Waals surface area (Å²) < 4.78 is 0. The monoisotopic (exact) mass is 362 g/mol. The number of nitrogens with zero attached hydrogens (tertiary/aromatic N) is 2. The van der Waals surface area contributed by atoms with Crippen molar-refractivity contribution in [3.63, 3.8) is 0 Å². The Hall–Kier alpha value is -2.13. The van der Waals surface area contributed by atoms with Crippen LogP contribution in [-0.4, -0.2) is 62.6 Å². The van der Waals surface area contributed by atoms with E-state index >= 15 is 0 Å². The number of nitrogens with two attached hydrogens (primary N) is 1. The zero-order valence-corrected chi connectivity index (χ0v) is 14.6. The van der Waals surface area contributed by atoms with E-state index in [0.29, 0.717) is 25.1 Å². The van der Waals surface area contributed by atoms with Crippen LogP contribution in [0.5, 0.6) is 0 Å². The molecule has 2 aromatic rings. The maximum Gasteiger partial charge on any atom is 0.320 e. The largest absolute Gasteiger partial charge is 0.480 e. The van der Waals surface area contributed by atoms with Gasteiger partial charge in [0.05, 0.1) is 28.9 Å². The number of nitrogens with one attached hydrogen (secondary N) is 1. The van der Waals surface area contributed by atoms with Crippen molar-refractivity contribution in [1.29, 1.82) is 0 Å². The number of carboxylic acids is 1. The van der Waals surface area contributed by atoms with Crippen molar-refractivity contribution < 1.29 is 20.1 Å². The highest BCUT2D eigenvalue weighted by Crippen LogP contribution is 2.10. The van der Waals surface area contributed by atoms with E-state index in [1.165, 1.54) is 0 Å². The predicted octanol–water partition coefficient (Wildman–Crippen LogP) is 0.0659. The van der Waals surface area contributed by atoms with Crippen LogP contribution in [0.25, 0.3) is 11.0 Å². The fraction of sp³-hybridized carbons (Fsp3) is 0.500. The van der Waals surface area contributed by atoms with Crippen LogP contribution in [0.15, 0.2) is 30.5 Å². The Labute approximate surface area is 152 Å². The van der Waals surface area contributed by atoms with Crippen molar-refractivity contribution in [3.8, 4) is 0 Å². The van der Waals surface area contributed by atoms with Crippen LogP contribution in [0.3, 0.4) is 0 Å². The summed E-state index contributed by atoms with van der Waals surface area (Å²) in [5.74, 6) is -0.992. The van der Waals surface area contributed by atoms with Crippen LogP contribution in [0.1, 0.15) is 25.0 Å². The summed E-state index contributed by atoms with van der Waals surface area (Å²) in [5, 5.41) is 31.9. The predicted molar refractivity (Wildman–Crippen MR) is 97.6 cm³/mol. The van der Waals surface area contributed by atoms with E-state index in [-0.39, 0.29) is 13.0 Å². The zero-order chi connectivity index (χ0) is 18.9. The summed E-state index contributed by atoms with van der Waals surface area (Å²) in [6.45, 7) is 0.860. The molecule has 0 radical (unpaired) electrons. The average molecular weight is 362 g/mol. The summed E-state index contributed by atoms with van der Waals surface area (Å²) >= 11 is 0. The van der Waals surface area contributed by atoms with E-state index in [4.69, 9.17) is 10.8 Å². The minimum atomic E-state index is -0.992. The van der Waals surface area contributed by atoms with Crippen molar-refractivity contribution in [2.24, 2.45) is 5.73 Å². The summed E-state index contributed by atoms with van der Waals surface area (Å²) in [4.78, 5) is 19.3. The first-order valence-electron chi connectivity index (χ1n) is 8.73. The SMILES string of the molecule is N[C@@H](CCCCNCC(O)C(O)Cc1cnc2ccccc2n1)C(=O)O. The highest BCUT2D eigenvalue weighted by molar-refractivity contribution is 5.73. The molecule has 8 nitrogen and oxygen atoms in total. The number of fused-ring (bicyclic) bond motifs is 1. The number of aliphatic carboxylic acids is 1. The Balaban J connectivity index is 1.68. The van der Waals surface area contributed by atoms with Gasteiger partial charge in [0.25, 0.3) is 0 Å². The molecule has 3 atom stereocenters. The molecule has 26 heavy (non-hydrogen) atoms. The molecule has 142 valence electrons. The Bertz CT molecular complexity index is 712. The summed E-state index contributed by atoms with van der Waals surface area (Å²) in [5.41, 5.74) is 7.59. The number of carboxylic acid groups (broad SMARTS) is 1. The van der Waals surface area contributed by atoms with Gasteiger partial charge < -0.3 is 26.4 Å². The molecule has 2 rings (SSSR count). The number of aliphatic hydroxyl groups is 2. The third-order valence-electron chi connectivity index (χ3n) is 4.15. The summed E-state index contributed by atoms with van der Waals surface area (Å²) in [6, 6.07) is 6.65. The van der Waals surface area contributed by atoms with Gasteiger partial charge in [-0.2, -0.15) is 0 Å². The van der Waals surface area contributed by atoms with E-state index in [1.54, 1.807) is 6.20 Å². The molecule has 0 saturated carbocycles. The average Bonchev–Trinajstić information content (AvgIpc) is 2.63. The Kier molecular flexibility index (Phi) is 7.86. The van der Waals surface area contributed by atoms with Gasteiger partial charge in [-0.15, -0.1) is 0 Å². The number of rotatable bonds is 11. The van der Waals surface area contributed by atoms with Gasteiger partial charge in [-0.1, -0.05) is 18.6 Å². The molecule has 0 aliphatic carbocycles. The number of para-hydroxylation sites is 2. The topological polar surface area (TPSA) is 142 Å². The second-order valence-corrected chi connectivity index (χ2v) is 6.33. The lowest BCUT2D eigenvalue weighted by Crippen LogP contribution is -2.38. The molecule has 8 heteroatoms. The molecular weight excluding hydrogens is 336 g/mol. The van der Waals surface area contributed by atoms with Gasteiger partial charge in [0.2, 0.25) is 0 Å². The van der Waals surface area contributed by atoms with Crippen LogP contribution in [-0.2, 0) is 11.2 Å². The van der Waals surface area contributed by atoms with Gasteiger partial charge in [-0.05, 0) is 31.5 Å². The molecular formula is C18H26N4O4. The Morgan fingerprint density at radius 2 is 1.88 bits per heavy atom. The number of hydrogen-bond donors (Lipinski definition) is 5. The smallest absolute Gasteiger partial charge is 0.320 e. The van der Waals surface area contributed by atoms with Gasteiger partial charge in [0.1, 0.15) is 6.04 Å². The van der Waals surface area contributed by atoms with Gasteiger partial charge >= 0.3 is 5.97 Å². The minimum absolute atomic E-state index is 0.216. The van der Waals surface area contributed by atoms with Crippen LogP contribution in [0, 0.1) is 0 Å². The number of carbonyl (C=O) groups is 1. The molecule has 6 N–H and O–H groups in total. The van der Waals surface area contributed by atoms with E-state index < -0.39 is 24.2 Å².